The van der Waals surface area contributed by atoms with Gasteiger partial charge in [-0.05, 0) is 39.3 Å². The fourth-order valence-corrected chi connectivity index (χ4v) is 5.29. The fraction of sp³-hybridized carbons (Fsp3) is 0.947. The molecule has 5 nitrogen and oxygen atoms in total. The molecule has 4 unspecified atom stereocenters. The second-order valence-electron chi connectivity index (χ2n) is 7.36. The summed E-state index contributed by atoms with van der Waals surface area (Å²) < 4.78 is 12.1. The van der Waals surface area contributed by atoms with Gasteiger partial charge in [0.05, 0.1) is 0 Å². The van der Waals surface area contributed by atoms with Crippen LogP contribution >= 0.6 is 24.0 Å². The average molecular weight is 501 g/mol. The number of nitrogens with zero attached hydrogens (tertiary/aromatic N) is 2. The number of guanidine groups is 1. The van der Waals surface area contributed by atoms with Gasteiger partial charge in [-0.3, -0.25) is 9.20 Å². The van der Waals surface area contributed by atoms with Gasteiger partial charge in [0, 0.05) is 47.5 Å². The normalized spacial score (nSPS) is 23.5. The molecule has 0 amide bonds. The molecule has 0 aromatic rings. The SMILES string of the molecule is CCC(CC)C(CNC(=NC)NC1CCCC(S(=O)CC)C1)N(C)C.I. The van der Waals surface area contributed by atoms with Crippen LogP contribution in [0, 0.1) is 5.92 Å². The Hall–Kier alpha value is 0.110. The summed E-state index contributed by atoms with van der Waals surface area (Å²) in [6.45, 7) is 7.46. The van der Waals surface area contributed by atoms with Crippen LogP contribution in [0.5, 0.6) is 0 Å². The molecular weight excluding hydrogens is 459 g/mol. The third-order valence-corrected chi connectivity index (χ3v) is 7.32. The summed E-state index contributed by atoms with van der Waals surface area (Å²) in [5.41, 5.74) is 0. The first-order chi connectivity index (χ1) is 12.0. The molecule has 2 N–H and O–H groups in total. The molecule has 0 heterocycles. The number of nitrogens with one attached hydrogen (secondary N) is 2. The highest BCUT2D eigenvalue weighted by atomic mass is 127. The highest BCUT2D eigenvalue weighted by Crippen LogP contribution is 2.23. The quantitative estimate of drug-likeness (QED) is 0.290. The van der Waals surface area contributed by atoms with Crippen molar-refractivity contribution in [1.82, 2.24) is 15.5 Å². The zero-order valence-corrected chi connectivity index (χ0v) is 20.7. The summed E-state index contributed by atoms with van der Waals surface area (Å²) in [5, 5.41) is 7.44. The third kappa shape index (κ3) is 8.42. The van der Waals surface area contributed by atoms with Crippen LogP contribution in [0.4, 0.5) is 0 Å². The van der Waals surface area contributed by atoms with Crippen molar-refractivity contribution in [2.75, 3.05) is 33.4 Å². The van der Waals surface area contributed by atoms with Crippen molar-refractivity contribution in [2.45, 2.75) is 76.6 Å². The Bertz CT molecular complexity index is 430. The van der Waals surface area contributed by atoms with E-state index in [0.717, 1.165) is 43.9 Å². The fourth-order valence-electron chi connectivity index (χ4n) is 3.94. The molecule has 1 fully saturated rings. The third-order valence-electron chi connectivity index (χ3n) is 5.58. The molecule has 0 aromatic heterocycles. The average Bonchev–Trinajstić information content (AvgIpc) is 2.63. The van der Waals surface area contributed by atoms with Gasteiger partial charge < -0.3 is 15.5 Å². The van der Waals surface area contributed by atoms with E-state index in [0.29, 0.717) is 23.3 Å². The van der Waals surface area contributed by atoms with E-state index in [4.69, 9.17) is 0 Å². The lowest BCUT2D eigenvalue weighted by Gasteiger charge is -2.33. The molecule has 1 aliphatic carbocycles. The van der Waals surface area contributed by atoms with Crippen LogP contribution in [0.3, 0.4) is 0 Å². The second-order valence-corrected chi connectivity index (χ2v) is 9.37. The summed E-state index contributed by atoms with van der Waals surface area (Å²) in [6.07, 6.45) is 6.77. The molecule has 1 aliphatic rings. The lowest BCUT2D eigenvalue weighted by atomic mass is 9.93. The minimum absolute atomic E-state index is 0. The molecule has 0 radical (unpaired) electrons. The molecule has 1 saturated carbocycles. The standard InChI is InChI=1S/C19H40N4OS.HI/c1-7-15(8-2)18(23(5)6)14-21-19(20-4)22-16-11-10-12-17(13-16)25(24)9-3;/h15-18H,7-14H2,1-6H3,(H2,20,21,22);1H. The van der Waals surface area contributed by atoms with Crippen molar-refractivity contribution >= 4 is 40.7 Å². The minimum Gasteiger partial charge on any atom is -0.355 e. The largest absolute Gasteiger partial charge is 0.355 e. The van der Waals surface area contributed by atoms with Crippen LogP contribution in [-0.2, 0) is 10.8 Å². The van der Waals surface area contributed by atoms with Gasteiger partial charge in [-0.2, -0.15) is 0 Å². The molecule has 0 aliphatic heterocycles. The predicted molar refractivity (Wildman–Crippen MR) is 126 cm³/mol. The molecule has 0 spiro atoms. The number of halogens is 1. The summed E-state index contributed by atoms with van der Waals surface area (Å²) >= 11 is 0. The second kappa shape index (κ2) is 14.2. The van der Waals surface area contributed by atoms with E-state index in [-0.39, 0.29) is 24.0 Å². The van der Waals surface area contributed by atoms with Crippen molar-refractivity contribution in [3.05, 3.63) is 0 Å². The maximum Gasteiger partial charge on any atom is 0.191 e. The molecular formula is C19H41IN4OS. The maximum absolute atomic E-state index is 12.1. The molecule has 0 saturated heterocycles. The molecule has 0 bridgehead atoms. The number of aliphatic imine (C=N–C) groups is 1. The van der Waals surface area contributed by atoms with Gasteiger partial charge in [0.15, 0.2) is 5.96 Å². The molecule has 1 rings (SSSR count). The molecule has 156 valence electrons. The summed E-state index contributed by atoms with van der Waals surface area (Å²) in [7, 11) is 5.47. The van der Waals surface area contributed by atoms with Crippen molar-refractivity contribution in [3.8, 4) is 0 Å². The monoisotopic (exact) mass is 500 g/mol. The van der Waals surface area contributed by atoms with E-state index in [9.17, 15) is 4.21 Å². The summed E-state index contributed by atoms with van der Waals surface area (Å²) in [5.74, 6) is 2.34. The van der Waals surface area contributed by atoms with Gasteiger partial charge in [-0.25, -0.2) is 0 Å². The van der Waals surface area contributed by atoms with Gasteiger partial charge in [0.25, 0.3) is 0 Å². The van der Waals surface area contributed by atoms with Crippen LogP contribution in [0.2, 0.25) is 0 Å². The molecule has 26 heavy (non-hydrogen) atoms. The lowest BCUT2D eigenvalue weighted by Crippen LogP contribution is -2.51. The Morgan fingerprint density at radius 3 is 2.38 bits per heavy atom. The van der Waals surface area contributed by atoms with Gasteiger partial charge >= 0.3 is 0 Å². The lowest BCUT2D eigenvalue weighted by molar-refractivity contribution is 0.200. The van der Waals surface area contributed by atoms with E-state index in [1.165, 1.54) is 12.8 Å². The predicted octanol–water partition coefficient (Wildman–Crippen LogP) is 3.22. The highest BCUT2D eigenvalue weighted by molar-refractivity contribution is 14.0. The van der Waals surface area contributed by atoms with Gasteiger partial charge in [0.1, 0.15) is 0 Å². The maximum atomic E-state index is 12.1. The molecule has 0 aromatic carbocycles. The molecule has 7 heteroatoms. The Labute approximate surface area is 181 Å². The Morgan fingerprint density at radius 1 is 1.23 bits per heavy atom. The van der Waals surface area contributed by atoms with Crippen LogP contribution in [-0.4, -0.2) is 65.8 Å². The zero-order chi connectivity index (χ0) is 18.8. The summed E-state index contributed by atoms with van der Waals surface area (Å²) in [6, 6.07) is 0.881. The number of likely N-dealkylation sites (N-methyl/N-ethyl adjacent to an activating group) is 1. The van der Waals surface area contributed by atoms with Crippen LogP contribution in [0.15, 0.2) is 4.99 Å². The van der Waals surface area contributed by atoms with Gasteiger partial charge in [0.2, 0.25) is 0 Å². The minimum atomic E-state index is -0.684. The number of hydrogen-bond acceptors (Lipinski definition) is 3. The molecule has 4 atom stereocenters. The van der Waals surface area contributed by atoms with E-state index >= 15 is 0 Å². The Balaban J connectivity index is 0.00000625. The summed E-state index contributed by atoms with van der Waals surface area (Å²) in [4.78, 5) is 6.73. The van der Waals surface area contributed by atoms with Crippen molar-refractivity contribution in [3.63, 3.8) is 0 Å². The highest BCUT2D eigenvalue weighted by Gasteiger charge is 2.26. The van der Waals surface area contributed by atoms with Crippen molar-refractivity contribution in [1.29, 1.82) is 0 Å². The Kier molecular flexibility index (Phi) is 14.2. The van der Waals surface area contributed by atoms with Gasteiger partial charge in [-0.1, -0.05) is 40.0 Å². The Morgan fingerprint density at radius 2 is 1.88 bits per heavy atom. The van der Waals surface area contributed by atoms with Crippen molar-refractivity contribution < 1.29 is 4.21 Å². The van der Waals surface area contributed by atoms with Crippen molar-refractivity contribution in [2.24, 2.45) is 10.9 Å². The van der Waals surface area contributed by atoms with E-state index < -0.39 is 10.8 Å². The topological polar surface area (TPSA) is 56.7 Å². The van der Waals surface area contributed by atoms with Crippen LogP contribution in [0.25, 0.3) is 0 Å². The van der Waals surface area contributed by atoms with Gasteiger partial charge in [-0.15, -0.1) is 24.0 Å². The zero-order valence-electron chi connectivity index (χ0n) is 17.6. The van der Waals surface area contributed by atoms with Crippen LogP contribution in [0.1, 0.15) is 59.3 Å². The first-order valence-corrected chi connectivity index (χ1v) is 11.4. The van der Waals surface area contributed by atoms with Crippen LogP contribution < -0.4 is 10.6 Å². The number of rotatable bonds is 9. The smallest absolute Gasteiger partial charge is 0.191 e. The van der Waals surface area contributed by atoms with E-state index in [1.807, 2.05) is 14.0 Å². The van der Waals surface area contributed by atoms with E-state index in [2.05, 4.69) is 48.5 Å². The number of hydrogen-bond donors (Lipinski definition) is 2. The first-order valence-electron chi connectivity index (χ1n) is 9.97. The first kappa shape index (κ1) is 26.1. The van der Waals surface area contributed by atoms with E-state index in [1.54, 1.807) is 0 Å².